The van der Waals surface area contributed by atoms with Crippen LogP contribution in [0.5, 0.6) is 11.5 Å². The van der Waals surface area contributed by atoms with Gasteiger partial charge in [-0.2, -0.15) is 8.42 Å². The molecule has 148 valence electrons. The molecule has 0 aromatic heterocycles. The van der Waals surface area contributed by atoms with E-state index in [1.165, 1.54) is 51.0 Å². The first-order chi connectivity index (χ1) is 13.0. The molecule has 2 rings (SSSR count). The van der Waals surface area contributed by atoms with E-state index in [-0.39, 0.29) is 10.6 Å². The normalized spacial score (nSPS) is 11.5. The minimum Gasteiger partial charge on any atom is -0.456 e. The van der Waals surface area contributed by atoms with Crippen molar-refractivity contribution >= 4 is 10.1 Å². The van der Waals surface area contributed by atoms with Crippen LogP contribution >= 0.6 is 0 Å². The molecule has 0 radical (unpaired) electrons. The Hall–Kier alpha value is -1.85. The molecular weight excluding hydrogens is 360 g/mol. The molecule has 0 amide bonds. The average molecular weight is 391 g/mol. The molecule has 27 heavy (non-hydrogen) atoms. The average Bonchev–Trinajstić information content (AvgIpc) is 2.65. The van der Waals surface area contributed by atoms with Crippen molar-refractivity contribution in [2.75, 3.05) is 0 Å². The maximum atomic E-state index is 11.5. The zero-order valence-electron chi connectivity index (χ0n) is 16.1. The Bertz CT molecular complexity index is 799. The SMILES string of the molecule is CCCCCCCCCCc1ccccc1Oc1ccccc1S(=O)(=O)O. The van der Waals surface area contributed by atoms with Crippen LogP contribution in [0.25, 0.3) is 0 Å². The largest absolute Gasteiger partial charge is 0.456 e. The van der Waals surface area contributed by atoms with E-state index in [9.17, 15) is 13.0 Å². The van der Waals surface area contributed by atoms with Crippen LogP contribution in [-0.2, 0) is 16.5 Å². The van der Waals surface area contributed by atoms with Crippen LogP contribution in [0.15, 0.2) is 53.4 Å². The lowest BCUT2D eigenvalue weighted by atomic mass is 10.0. The Morgan fingerprint density at radius 1 is 0.778 bits per heavy atom. The van der Waals surface area contributed by atoms with Gasteiger partial charge in [0.2, 0.25) is 0 Å². The molecule has 0 saturated heterocycles. The van der Waals surface area contributed by atoms with E-state index in [4.69, 9.17) is 4.74 Å². The van der Waals surface area contributed by atoms with E-state index in [0.29, 0.717) is 5.75 Å². The molecule has 0 saturated carbocycles. The van der Waals surface area contributed by atoms with Crippen LogP contribution in [0.1, 0.15) is 63.9 Å². The maximum Gasteiger partial charge on any atom is 0.298 e. The number of para-hydroxylation sites is 2. The Morgan fingerprint density at radius 3 is 2.00 bits per heavy atom. The van der Waals surface area contributed by atoms with Gasteiger partial charge in [-0.25, -0.2) is 0 Å². The third-order valence-corrected chi connectivity index (χ3v) is 5.51. The summed E-state index contributed by atoms with van der Waals surface area (Å²) in [6.45, 7) is 2.23. The van der Waals surface area contributed by atoms with E-state index < -0.39 is 10.1 Å². The molecule has 2 aromatic rings. The van der Waals surface area contributed by atoms with Crippen LogP contribution in [-0.4, -0.2) is 13.0 Å². The molecule has 2 aromatic carbocycles. The fourth-order valence-corrected chi connectivity index (χ4v) is 3.74. The summed E-state index contributed by atoms with van der Waals surface area (Å²) in [4.78, 5) is -0.216. The van der Waals surface area contributed by atoms with Crippen LogP contribution in [0.4, 0.5) is 0 Å². The van der Waals surface area contributed by atoms with Crippen LogP contribution in [0, 0.1) is 0 Å². The van der Waals surface area contributed by atoms with Crippen molar-refractivity contribution in [1.82, 2.24) is 0 Å². The Morgan fingerprint density at radius 2 is 1.33 bits per heavy atom. The molecule has 0 atom stereocenters. The van der Waals surface area contributed by atoms with Gasteiger partial charge in [-0.1, -0.05) is 82.2 Å². The first-order valence-electron chi connectivity index (χ1n) is 9.84. The number of benzene rings is 2. The smallest absolute Gasteiger partial charge is 0.298 e. The summed E-state index contributed by atoms with van der Waals surface area (Å²) in [6.07, 6.45) is 10.9. The van der Waals surface area contributed by atoms with E-state index in [0.717, 1.165) is 18.4 Å². The van der Waals surface area contributed by atoms with Gasteiger partial charge in [0.05, 0.1) is 0 Å². The van der Waals surface area contributed by atoms with E-state index in [1.54, 1.807) is 18.2 Å². The van der Waals surface area contributed by atoms with Gasteiger partial charge in [0, 0.05) is 0 Å². The van der Waals surface area contributed by atoms with Crippen LogP contribution < -0.4 is 4.74 Å². The van der Waals surface area contributed by atoms with Crippen LogP contribution in [0.3, 0.4) is 0 Å². The van der Waals surface area contributed by atoms with Crippen molar-refractivity contribution in [3.8, 4) is 11.5 Å². The molecule has 0 unspecified atom stereocenters. The van der Waals surface area contributed by atoms with Crippen molar-refractivity contribution < 1.29 is 17.7 Å². The Kier molecular flexibility index (Phi) is 8.82. The second kappa shape index (κ2) is 11.1. The summed E-state index contributed by atoms with van der Waals surface area (Å²) < 4.78 is 38.3. The monoisotopic (exact) mass is 390 g/mol. The summed E-state index contributed by atoms with van der Waals surface area (Å²) in [5.41, 5.74) is 1.05. The van der Waals surface area contributed by atoms with Crippen molar-refractivity contribution in [2.45, 2.75) is 69.6 Å². The van der Waals surface area contributed by atoms with Crippen molar-refractivity contribution in [2.24, 2.45) is 0 Å². The van der Waals surface area contributed by atoms with E-state index in [1.807, 2.05) is 24.3 Å². The highest BCUT2D eigenvalue weighted by molar-refractivity contribution is 7.86. The standard InChI is InChI=1S/C22H30O4S/c1-2-3-4-5-6-7-8-9-14-19-15-10-11-16-20(19)26-21-17-12-13-18-22(21)27(23,24)25/h10-13,15-18H,2-9,14H2,1H3,(H,23,24,25). The van der Waals surface area contributed by atoms with Gasteiger partial charge in [-0.05, 0) is 36.6 Å². The predicted octanol–water partition coefficient (Wildman–Crippen LogP) is 6.41. The third-order valence-electron chi connectivity index (χ3n) is 4.62. The molecule has 0 aliphatic carbocycles. The van der Waals surface area contributed by atoms with Crippen molar-refractivity contribution in [3.63, 3.8) is 0 Å². The van der Waals surface area contributed by atoms with Crippen molar-refractivity contribution in [3.05, 3.63) is 54.1 Å². The lowest BCUT2D eigenvalue weighted by Crippen LogP contribution is -2.01. The number of rotatable bonds is 12. The second-order valence-electron chi connectivity index (χ2n) is 6.86. The lowest BCUT2D eigenvalue weighted by Gasteiger charge is -2.13. The predicted molar refractivity (Wildman–Crippen MR) is 109 cm³/mol. The quantitative estimate of drug-likeness (QED) is 0.336. The molecule has 1 N–H and O–H groups in total. The molecule has 0 aliphatic rings. The lowest BCUT2D eigenvalue weighted by molar-refractivity contribution is 0.445. The fraction of sp³-hybridized carbons (Fsp3) is 0.455. The molecule has 0 bridgehead atoms. The van der Waals surface area contributed by atoms with Crippen molar-refractivity contribution in [1.29, 1.82) is 0 Å². The molecule has 5 heteroatoms. The molecule has 0 aliphatic heterocycles. The minimum atomic E-state index is -4.33. The van der Waals surface area contributed by atoms with Gasteiger partial charge in [-0.3, -0.25) is 4.55 Å². The number of hydrogen-bond acceptors (Lipinski definition) is 3. The summed E-state index contributed by atoms with van der Waals surface area (Å²) in [6, 6.07) is 13.8. The summed E-state index contributed by atoms with van der Waals surface area (Å²) >= 11 is 0. The van der Waals surface area contributed by atoms with Gasteiger partial charge in [0.25, 0.3) is 10.1 Å². The molecule has 0 fully saturated rings. The summed E-state index contributed by atoms with van der Waals surface area (Å²) in [7, 11) is -4.33. The summed E-state index contributed by atoms with van der Waals surface area (Å²) in [5.74, 6) is 0.778. The maximum absolute atomic E-state index is 11.5. The molecule has 4 nitrogen and oxygen atoms in total. The highest BCUT2D eigenvalue weighted by atomic mass is 32.2. The van der Waals surface area contributed by atoms with Gasteiger partial charge < -0.3 is 4.74 Å². The number of ether oxygens (including phenoxy) is 1. The molecule has 0 spiro atoms. The second-order valence-corrected chi connectivity index (χ2v) is 8.25. The van der Waals surface area contributed by atoms with E-state index in [2.05, 4.69) is 6.92 Å². The number of hydrogen-bond donors (Lipinski definition) is 1. The first-order valence-corrected chi connectivity index (χ1v) is 11.3. The van der Waals surface area contributed by atoms with Gasteiger partial charge in [-0.15, -0.1) is 0 Å². The zero-order valence-corrected chi connectivity index (χ0v) is 16.9. The van der Waals surface area contributed by atoms with Crippen LogP contribution in [0.2, 0.25) is 0 Å². The zero-order chi connectivity index (χ0) is 19.5. The Labute approximate surface area is 163 Å². The Balaban J connectivity index is 1.93. The van der Waals surface area contributed by atoms with E-state index >= 15 is 0 Å². The minimum absolute atomic E-state index is 0.142. The highest BCUT2D eigenvalue weighted by Crippen LogP contribution is 2.31. The number of unbranched alkanes of at least 4 members (excludes halogenated alkanes) is 7. The molecular formula is C22H30O4S. The molecule has 0 heterocycles. The first kappa shape index (κ1) is 21.5. The van der Waals surface area contributed by atoms with Gasteiger partial charge in [0.1, 0.15) is 16.4 Å². The summed E-state index contributed by atoms with van der Waals surface area (Å²) in [5, 5.41) is 0. The number of aryl methyl sites for hydroxylation is 1. The van der Waals surface area contributed by atoms with Gasteiger partial charge in [0.15, 0.2) is 0 Å². The topological polar surface area (TPSA) is 63.6 Å². The highest BCUT2D eigenvalue weighted by Gasteiger charge is 2.17. The third kappa shape index (κ3) is 7.35. The van der Waals surface area contributed by atoms with Gasteiger partial charge >= 0.3 is 0 Å². The fourth-order valence-electron chi connectivity index (χ4n) is 3.13.